The van der Waals surface area contributed by atoms with Crippen molar-refractivity contribution < 1.29 is 29.4 Å². The van der Waals surface area contributed by atoms with Crippen LogP contribution in [0.3, 0.4) is 0 Å². The predicted octanol–water partition coefficient (Wildman–Crippen LogP) is -0.556. The van der Waals surface area contributed by atoms with Gasteiger partial charge >= 0.3 is 5.97 Å². The quantitative estimate of drug-likeness (QED) is 0.194. The summed E-state index contributed by atoms with van der Waals surface area (Å²) < 4.78 is 0. The second-order valence-corrected chi connectivity index (χ2v) is 8.62. The Balaban J connectivity index is 2.21. The normalized spacial score (nSPS) is 13.5. The van der Waals surface area contributed by atoms with Crippen molar-refractivity contribution in [3.05, 3.63) is 48.0 Å². The Morgan fingerprint density at radius 2 is 1.63 bits per heavy atom. The van der Waals surface area contributed by atoms with E-state index in [4.69, 9.17) is 10.8 Å². The van der Waals surface area contributed by atoms with Gasteiger partial charge in [-0.2, -0.15) is 0 Å². The van der Waals surface area contributed by atoms with Crippen LogP contribution in [-0.4, -0.2) is 68.5 Å². The first-order valence-electron chi connectivity index (χ1n) is 11.2. The molecule has 8 N–H and O–H groups in total. The van der Waals surface area contributed by atoms with Crippen LogP contribution >= 0.6 is 0 Å². The fourth-order valence-electron chi connectivity index (χ4n) is 3.35. The molecule has 12 heteroatoms. The maximum atomic E-state index is 13.2. The second-order valence-electron chi connectivity index (χ2n) is 8.62. The second kappa shape index (κ2) is 13.1. The average molecular weight is 489 g/mol. The zero-order valence-corrected chi connectivity index (χ0v) is 19.7. The molecule has 3 unspecified atom stereocenters. The molecule has 0 bridgehead atoms. The first-order chi connectivity index (χ1) is 16.5. The van der Waals surface area contributed by atoms with Gasteiger partial charge in [0.1, 0.15) is 24.4 Å². The summed E-state index contributed by atoms with van der Waals surface area (Å²) in [6, 6.07) is 2.98. The Hall–Kier alpha value is -3.93. The van der Waals surface area contributed by atoms with E-state index in [9.17, 15) is 24.3 Å². The predicted molar refractivity (Wildman–Crippen MR) is 126 cm³/mol. The number of nitrogens with zero attached hydrogens (tertiary/aromatic N) is 1. The highest BCUT2D eigenvalue weighted by Crippen LogP contribution is 2.12. The van der Waals surface area contributed by atoms with Crippen molar-refractivity contribution in [3.63, 3.8) is 0 Å². The largest absolute Gasteiger partial charge is 0.508 e. The highest BCUT2D eigenvalue weighted by Gasteiger charge is 2.29. The Morgan fingerprint density at radius 3 is 2.20 bits per heavy atom. The molecule has 2 rings (SSSR count). The molecule has 3 atom stereocenters. The zero-order valence-electron chi connectivity index (χ0n) is 19.7. The van der Waals surface area contributed by atoms with Crippen LogP contribution < -0.4 is 21.7 Å². The summed E-state index contributed by atoms with van der Waals surface area (Å²) in [5, 5.41) is 25.9. The molecular formula is C23H32N6O6. The van der Waals surface area contributed by atoms with E-state index in [1.165, 1.54) is 24.7 Å². The van der Waals surface area contributed by atoms with Crippen molar-refractivity contribution in [2.24, 2.45) is 11.7 Å². The number of aromatic nitrogens is 2. The zero-order chi connectivity index (χ0) is 26.0. The Labute approximate surface area is 202 Å². The molecule has 0 spiro atoms. The third-order valence-electron chi connectivity index (χ3n) is 5.10. The summed E-state index contributed by atoms with van der Waals surface area (Å²) in [7, 11) is 0. The number of aromatic hydroxyl groups is 1. The van der Waals surface area contributed by atoms with E-state index in [1.54, 1.807) is 12.1 Å². The van der Waals surface area contributed by atoms with Crippen LogP contribution in [0.4, 0.5) is 0 Å². The molecule has 0 fully saturated rings. The number of carboxylic acid groups (broad SMARTS) is 1. The van der Waals surface area contributed by atoms with Gasteiger partial charge in [-0.3, -0.25) is 19.2 Å². The third kappa shape index (κ3) is 9.45. The summed E-state index contributed by atoms with van der Waals surface area (Å²) in [4.78, 5) is 56.2. The maximum absolute atomic E-state index is 13.2. The highest BCUT2D eigenvalue weighted by molar-refractivity contribution is 5.94. The van der Waals surface area contributed by atoms with Crippen LogP contribution in [-0.2, 0) is 32.0 Å². The number of H-pyrrole nitrogens is 1. The minimum Gasteiger partial charge on any atom is -0.508 e. The molecule has 2 aromatic rings. The van der Waals surface area contributed by atoms with Gasteiger partial charge in [-0.1, -0.05) is 26.0 Å². The number of hydrogen-bond acceptors (Lipinski definition) is 7. The summed E-state index contributed by atoms with van der Waals surface area (Å²) in [6.07, 6.45) is 3.45. The lowest BCUT2D eigenvalue weighted by Gasteiger charge is -2.24. The Kier molecular flexibility index (Phi) is 10.2. The number of nitrogens with two attached hydrogens (primary N) is 1. The molecule has 190 valence electrons. The fourth-order valence-corrected chi connectivity index (χ4v) is 3.35. The molecule has 0 aliphatic carbocycles. The molecular weight excluding hydrogens is 456 g/mol. The van der Waals surface area contributed by atoms with E-state index in [0.29, 0.717) is 17.7 Å². The lowest BCUT2D eigenvalue weighted by Crippen LogP contribution is -2.57. The van der Waals surface area contributed by atoms with Crippen LogP contribution in [0.2, 0.25) is 0 Å². The molecule has 1 aromatic carbocycles. The number of benzene rings is 1. The minimum atomic E-state index is -1.24. The van der Waals surface area contributed by atoms with E-state index in [2.05, 4.69) is 25.9 Å². The molecule has 35 heavy (non-hydrogen) atoms. The van der Waals surface area contributed by atoms with Gasteiger partial charge in [0.05, 0.1) is 12.4 Å². The number of imidazole rings is 1. The van der Waals surface area contributed by atoms with Gasteiger partial charge in [0.25, 0.3) is 0 Å². The topological polar surface area (TPSA) is 200 Å². The van der Waals surface area contributed by atoms with Gasteiger partial charge in [-0.15, -0.1) is 0 Å². The third-order valence-corrected chi connectivity index (χ3v) is 5.10. The molecule has 0 radical (unpaired) electrons. The van der Waals surface area contributed by atoms with E-state index in [-0.39, 0.29) is 24.5 Å². The van der Waals surface area contributed by atoms with Crippen molar-refractivity contribution in [2.45, 2.75) is 51.2 Å². The number of nitrogens with one attached hydrogen (secondary N) is 4. The minimum absolute atomic E-state index is 0.0229. The molecule has 3 amide bonds. The standard InChI is InChI=1S/C23H32N6O6/c1-13(2)7-17(24)21(33)28-19(9-15-10-25-12-27-15)23(35)29-18(22(34)26-11-20(31)32)8-14-3-5-16(30)6-4-14/h3-6,10,12-13,17-19,30H,7-9,11,24H2,1-2H3,(H,25,27)(H,26,34)(H,28,33)(H,29,35)(H,31,32). The van der Waals surface area contributed by atoms with Crippen molar-refractivity contribution >= 4 is 23.7 Å². The molecule has 0 saturated heterocycles. The number of phenols is 1. The van der Waals surface area contributed by atoms with Gasteiger partial charge in [0, 0.05) is 24.7 Å². The SMILES string of the molecule is CC(C)CC(N)C(=O)NC(Cc1cnc[nH]1)C(=O)NC(Cc1ccc(O)cc1)C(=O)NCC(=O)O. The van der Waals surface area contributed by atoms with Crippen molar-refractivity contribution in [1.29, 1.82) is 0 Å². The van der Waals surface area contributed by atoms with Crippen molar-refractivity contribution in [1.82, 2.24) is 25.9 Å². The lowest BCUT2D eigenvalue weighted by molar-refractivity contribution is -0.138. The molecule has 0 aliphatic heterocycles. The van der Waals surface area contributed by atoms with Crippen LogP contribution in [0.15, 0.2) is 36.8 Å². The number of carbonyl (C=O) groups is 4. The molecule has 0 aliphatic rings. The van der Waals surface area contributed by atoms with Crippen molar-refractivity contribution in [2.75, 3.05) is 6.54 Å². The molecule has 0 saturated carbocycles. The van der Waals surface area contributed by atoms with Gasteiger partial charge in [0.2, 0.25) is 17.7 Å². The van der Waals surface area contributed by atoms with Gasteiger partial charge in [-0.25, -0.2) is 4.98 Å². The number of aliphatic carboxylic acids is 1. The monoisotopic (exact) mass is 488 g/mol. The molecule has 1 heterocycles. The number of carbonyl (C=O) groups excluding carboxylic acids is 3. The van der Waals surface area contributed by atoms with E-state index >= 15 is 0 Å². The van der Waals surface area contributed by atoms with E-state index in [1.807, 2.05) is 13.8 Å². The summed E-state index contributed by atoms with van der Waals surface area (Å²) in [5.41, 5.74) is 7.16. The average Bonchev–Trinajstić information content (AvgIpc) is 3.30. The van der Waals surface area contributed by atoms with Crippen LogP contribution in [0.25, 0.3) is 0 Å². The number of rotatable bonds is 13. The first kappa shape index (κ1) is 27.3. The van der Waals surface area contributed by atoms with Gasteiger partial charge in [0.15, 0.2) is 0 Å². The number of carboxylic acids is 1. The van der Waals surface area contributed by atoms with Crippen LogP contribution in [0.1, 0.15) is 31.5 Å². The summed E-state index contributed by atoms with van der Waals surface area (Å²) in [5.74, 6) is -2.91. The summed E-state index contributed by atoms with van der Waals surface area (Å²) >= 11 is 0. The fraction of sp³-hybridized carbons (Fsp3) is 0.435. The van der Waals surface area contributed by atoms with Gasteiger partial charge in [-0.05, 0) is 30.0 Å². The Morgan fingerprint density at radius 1 is 1.00 bits per heavy atom. The van der Waals surface area contributed by atoms with Crippen LogP contribution in [0, 0.1) is 5.92 Å². The Bertz CT molecular complexity index is 992. The first-order valence-corrected chi connectivity index (χ1v) is 11.2. The van der Waals surface area contributed by atoms with E-state index in [0.717, 1.165) is 0 Å². The smallest absolute Gasteiger partial charge is 0.322 e. The molecule has 12 nitrogen and oxygen atoms in total. The lowest BCUT2D eigenvalue weighted by atomic mass is 10.0. The molecule has 1 aromatic heterocycles. The number of hydrogen-bond donors (Lipinski definition) is 7. The van der Waals surface area contributed by atoms with Crippen LogP contribution in [0.5, 0.6) is 5.75 Å². The van der Waals surface area contributed by atoms with E-state index < -0.39 is 48.4 Å². The number of phenolic OH excluding ortho intramolecular Hbond substituents is 1. The highest BCUT2D eigenvalue weighted by atomic mass is 16.4. The maximum Gasteiger partial charge on any atom is 0.322 e. The summed E-state index contributed by atoms with van der Waals surface area (Å²) in [6.45, 7) is 3.22. The number of aromatic amines is 1. The number of amides is 3. The van der Waals surface area contributed by atoms with Gasteiger partial charge < -0.3 is 36.9 Å². The van der Waals surface area contributed by atoms with Crippen molar-refractivity contribution in [3.8, 4) is 5.75 Å².